The largest absolute Gasteiger partial charge is 0.375 e. The van der Waals surface area contributed by atoms with Crippen LogP contribution in [-0.4, -0.2) is 216 Å². The van der Waals surface area contributed by atoms with Crippen LogP contribution < -0.4 is 53.2 Å². The lowest BCUT2D eigenvalue weighted by molar-refractivity contribution is -0.127. The van der Waals surface area contributed by atoms with Crippen LogP contribution in [0.5, 0.6) is 0 Å². The highest BCUT2D eigenvalue weighted by atomic mass is 16.5. The summed E-state index contributed by atoms with van der Waals surface area (Å²) in [6, 6.07) is 66.1. The van der Waals surface area contributed by atoms with Crippen LogP contribution in [0.2, 0.25) is 0 Å². The molecule has 0 spiro atoms. The van der Waals surface area contributed by atoms with Gasteiger partial charge in [-0.05, 0) is 129 Å². The summed E-state index contributed by atoms with van der Waals surface area (Å²) in [4.78, 5) is 143. The molecule has 16 rings (SSSR count). The number of ether oxygens (including phenoxy) is 1. The van der Waals surface area contributed by atoms with E-state index >= 15 is 0 Å². The van der Waals surface area contributed by atoms with Crippen LogP contribution in [0.1, 0.15) is 168 Å². The van der Waals surface area contributed by atoms with E-state index in [2.05, 4.69) is 82.2 Å². The van der Waals surface area contributed by atoms with Gasteiger partial charge >= 0.3 is 30.2 Å². The van der Waals surface area contributed by atoms with E-state index in [0.29, 0.717) is 111 Å². The molecule has 9 aromatic rings. The minimum atomic E-state index is -0.529. The fourth-order valence-electron chi connectivity index (χ4n) is 18.3. The number of hydrogen-bond acceptors (Lipinski definition) is 13. The number of hydrogen-bond donors (Lipinski definition) is 10. The van der Waals surface area contributed by atoms with E-state index in [-0.39, 0.29) is 95.9 Å². The number of rotatable bonds is 38. The zero-order chi connectivity index (χ0) is 94.6. The zero-order valence-electron chi connectivity index (χ0n) is 78.2. The number of aryl methyl sites for hydroxylation is 3. The molecule has 7 aliphatic rings. The van der Waals surface area contributed by atoms with Gasteiger partial charge in [-0.1, -0.05) is 271 Å². The topological polar surface area (TPSA) is 352 Å². The molecule has 2 saturated carbocycles. The Labute approximate surface area is 794 Å². The van der Waals surface area contributed by atoms with E-state index in [0.717, 1.165) is 124 Å². The monoisotopic (exact) mass is 1840 g/mol. The van der Waals surface area contributed by atoms with Crippen molar-refractivity contribution in [3.63, 3.8) is 0 Å². The molecule has 7 aromatic carbocycles. The Kier molecular flexibility index (Phi) is 40.8. The summed E-state index contributed by atoms with van der Waals surface area (Å²) in [7, 11) is 0. The molecule has 7 heterocycles. The number of imidazole rings is 2. The van der Waals surface area contributed by atoms with Gasteiger partial charge in [-0.2, -0.15) is 0 Å². The standard InChI is InChI=1S/C27H29N3O2.C21H29N5O2.C21H31N3O3.C18H23N5O2.C18H25N3O2/c31-26(28-20-23-14-8-3-9-15-23)25-24(17-16-21-10-4-1-5-11-21)29-27(32)30(25)19-18-22-12-6-2-7-13-22;1-2-3-10-23-20(27)19-18(15-17-8-5-4-6-9-17)24-21(28)26(19)13-7-12-25-14-11-22-16-25;1-2-13-24-19(20(25)22-17-11-7-4-8-12-17)18(23-21(24)26)15-27-14-16-9-5-3-6-10-16;24-17(21-13-15-5-2-1-3-6-15)16-7-8-20-18(25)23(16)11-4-10-22-12-9-19-14-22;22-17(20-15-9-5-2-6-10-15)16-11-12-19-18(23)21(16)13-14-7-3-1-4-8-14/h1-15,24-25H,16-20H2,(H,28,31)(H,29,32);4-6,8-9,11,14,16,18-19H,2-3,7,10,12-13,15H2,1H3,(H,23,27)(H,24,28);3,5-6,9-10,17-19H,2,4,7-8,11-15H2,1H3,(H,22,25)(H,23,26);1-3,5-6,9,12,14,16H,4,7-8,10-11,13H2,(H,20,25)(H,21,24);1,3-4,7-8,15-16H,2,5-6,9-13H2,(H,19,23)(H,20,22). The molecular weight excluding hydrogens is 1700 g/mol. The molecule has 8 atom stereocenters. The highest BCUT2D eigenvalue weighted by molar-refractivity contribution is 5.94. The number of carbonyl (C=O) groups excluding carboxylic acids is 10. The van der Waals surface area contributed by atoms with E-state index in [9.17, 15) is 47.9 Å². The van der Waals surface area contributed by atoms with E-state index < -0.39 is 24.2 Å². The molecule has 718 valence electrons. The van der Waals surface area contributed by atoms with Gasteiger partial charge in [0.05, 0.1) is 44.0 Å². The maximum absolute atomic E-state index is 13.3. The molecule has 5 aliphatic heterocycles. The molecule has 8 unspecified atom stereocenters. The number of nitrogens with zero attached hydrogens (tertiary/aromatic N) is 9. The van der Waals surface area contributed by atoms with Crippen LogP contribution in [0.4, 0.5) is 24.0 Å². The van der Waals surface area contributed by atoms with Gasteiger partial charge in [0, 0.05) is 115 Å². The van der Waals surface area contributed by atoms with Crippen molar-refractivity contribution in [3.05, 3.63) is 289 Å². The van der Waals surface area contributed by atoms with E-state index in [1.165, 1.54) is 31.2 Å². The fraction of sp³-hybridized carbons (Fsp3) is 0.448. The van der Waals surface area contributed by atoms with Crippen molar-refractivity contribution in [3.8, 4) is 0 Å². The van der Waals surface area contributed by atoms with Crippen LogP contribution in [0, 0.1) is 0 Å². The second-order valence-electron chi connectivity index (χ2n) is 35.5. The van der Waals surface area contributed by atoms with Crippen LogP contribution in [-0.2, 0) is 87.3 Å². The van der Waals surface area contributed by atoms with Gasteiger partial charge in [-0.25, -0.2) is 33.9 Å². The Morgan fingerprint density at radius 2 is 0.785 bits per heavy atom. The molecule has 2 aromatic heterocycles. The van der Waals surface area contributed by atoms with Gasteiger partial charge in [0.1, 0.15) is 30.2 Å². The molecule has 5 saturated heterocycles. The Balaban J connectivity index is 0.000000152. The third kappa shape index (κ3) is 31.9. The molecule has 30 nitrogen and oxygen atoms in total. The van der Waals surface area contributed by atoms with Crippen LogP contribution >= 0.6 is 0 Å². The summed E-state index contributed by atoms with van der Waals surface area (Å²) in [5.74, 6) is -0.334. The average molecular weight is 1840 g/mol. The minimum absolute atomic E-state index is 0.00248. The van der Waals surface area contributed by atoms with Crippen LogP contribution in [0.3, 0.4) is 0 Å². The molecule has 15 amide bonds. The molecule has 2 aliphatic carbocycles. The van der Waals surface area contributed by atoms with Crippen LogP contribution in [0.25, 0.3) is 0 Å². The van der Waals surface area contributed by atoms with Crippen molar-refractivity contribution in [2.45, 2.75) is 248 Å². The lowest BCUT2D eigenvalue weighted by Crippen LogP contribution is -2.58. The van der Waals surface area contributed by atoms with Gasteiger partial charge in [-0.15, -0.1) is 0 Å². The number of unbranched alkanes of at least 4 members (excludes halogenated alkanes) is 1. The maximum atomic E-state index is 13.3. The predicted octanol–water partition coefficient (Wildman–Crippen LogP) is 12.8. The minimum Gasteiger partial charge on any atom is -0.375 e. The quantitative estimate of drug-likeness (QED) is 0.0161. The second kappa shape index (κ2) is 54.7. The smallest absolute Gasteiger partial charge is 0.318 e. The van der Waals surface area contributed by atoms with Gasteiger partial charge in [-0.3, -0.25) is 24.0 Å². The van der Waals surface area contributed by atoms with Gasteiger partial charge in [0.15, 0.2) is 0 Å². The van der Waals surface area contributed by atoms with Crippen molar-refractivity contribution in [2.75, 3.05) is 52.4 Å². The number of nitrogens with one attached hydrogen (secondary N) is 10. The molecule has 7 fully saturated rings. The highest BCUT2D eigenvalue weighted by Crippen LogP contribution is 2.27. The molecule has 0 bridgehead atoms. The predicted molar refractivity (Wildman–Crippen MR) is 520 cm³/mol. The SMILES string of the molecule is CCCCNC(=O)C1C(Cc2ccccc2)NC(=O)N1CCCn1ccnc1.CCCN1C(=O)NC(COCc2ccccc2)C1C(=O)NC1CCCCC1.O=C(NC1CCCCC1)C1CCNC(=O)N1Cc1ccccc1.O=C(NCc1ccccc1)C1C(CCc2ccccc2)NC(=O)N1CCc1ccccc1.O=C(NCc1ccccc1)C1CCNC(=O)N1CCCn1ccnc1. The van der Waals surface area contributed by atoms with Crippen molar-refractivity contribution in [1.29, 1.82) is 0 Å². The number of urea groups is 5. The van der Waals surface area contributed by atoms with Crippen molar-refractivity contribution >= 4 is 59.7 Å². The molecule has 30 heteroatoms. The molecule has 135 heavy (non-hydrogen) atoms. The summed E-state index contributed by atoms with van der Waals surface area (Å²) in [6.07, 6.45) is 30.6. The van der Waals surface area contributed by atoms with E-state index in [1.54, 1.807) is 49.5 Å². The molecule has 0 radical (unpaired) electrons. The third-order valence-electron chi connectivity index (χ3n) is 25.5. The van der Waals surface area contributed by atoms with Crippen molar-refractivity contribution in [2.24, 2.45) is 0 Å². The normalized spacial score (nSPS) is 19.8. The van der Waals surface area contributed by atoms with Crippen molar-refractivity contribution in [1.82, 2.24) is 96.8 Å². The summed E-state index contributed by atoms with van der Waals surface area (Å²) in [6.45, 7) is 11.7. The van der Waals surface area contributed by atoms with Gasteiger partial charge in [0.25, 0.3) is 0 Å². The van der Waals surface area contributed by atoms with Crippen molar-refractivity contribution < 1.29 is 52.7 Å². The lowest BCUT2D eigenvalue weighted by atomic mass is 9.95. The zero-order valence-corrected chi connectivity index (χ0v) is 78.2. The number of carbonyl (C=O) groups is 10. The molecule has 10 N–H and O–H groups in total. The summed E-state index contributed by atoms with van der Waals surface area (Å²) in [5.41, 5.74) is 7.66. The Morgan fingerprint density at radius 1 is 0.370 bits per heavy atom. The van der Waals surface area contributed by atoms with Gasteiger partial charge < -0.3 is 91.5 Å². The summed E-state index contributed by atoms with van der Waals surface area (Å²) < 4.78 is 9.77. The maximum Gasteiger partial charge on any atom is 0.318 e. The summed E-state index contributed by atoms with van der Waals surface area (Å²) >= 11 is 0. The Morgan fingerprint density at radius 3 is 1.30 bits per heavy atom. The second-order valence-corrected chi connectivity index (χ2v) is 35.5. The van der Waals surface area contributed by atoms with E-state index in [1.807, 2.05) is 229 Å². The van der Waals surface area contributed by atoms with E-state index in [4.69, 9.17) is 4.74 Å². The van der Waals surface area contributed by atoms with Crippen LogP contribution in [0.15, 0.2) is 250 Å². The third-order valence-corrected chi connectivity index (χ3v) is 25.5. The first-order valence-electron chi connectivity index (χ1n) is 48.6. The first-order valence-corrected chi connectivity index (χ1v) is 48.6. The lowest BCUT2D eigenvalue weighted by Gasteiger charge is -2.36. The number of amides is 15. The molecular formula is C105H137N19O11. The number of benzene rings is 7. The highest BCUT2D eigenvalue weighted by Gasteiger charge is 2.47. The summed E-state index contributed by atoms with van der Waals surface area (Å²) in [5, 5.41) is 30.0. The first-order chi connectivity index (χ1) is 66.0. The first kappa shape index (κ1) is 101. The average Bonchev–Trinajstić information content (AvgIpc) is 1.67. The van der Waals surface area contributed by atoms with Gasteiger partial charge in [0.2, 0.25) is 29.5 Å². The number of aromatic nitrogens is 4. The fourth-order valence-corrected chi connectivity index (χ4v) is 18.3. The Bertz CT molecular complexity index is 5050. The Hall–Kier alpha value is -13.4.